The molecule has 114 valence electrons. The number of nitrogens with two attached hydrogens (primary N) is 1. The van der Waals surface area contributed by atoms with E-state index in [1.54, 1.807) is 0 Å². The molecule has 0 aromatic heterocycles. The fourth-order valence-corrected chi connectivity index (χ4v) is 1.82. The number of halogens is 1. The highest BCUT2D eigenvalue weighted by atomic mass is 19.1. The van der Waals surface area contributed by atoms with Crippen molar-refractivity contribution in [2.75, 3.05) is 19.9 Å². The zero-order chi connectivity index (χ0) is 14.8. The van der Waals surface area contributed by atoms with Crippen molar-refractivity contribution in [2.24, 2.45) is 5.73 Å². The summed E-state index contributed by atoms with van der Waals surface area (Å²) in [7, 11) is 0. The fraction of sp³-hybridized carbons (Fsp3) is 0.625. The van der Waals surface area contributed by atoms with E-state index in [0.29, 0.717) is 13.0 Å². The Balaban J connectivity index is 2.29. The molecule has 0 aliphatic carbocycles. The summed E-state index contributed by atoms with van der Waals surface area (Å²) < 4.78 is 17.5. The first kappa shape index (κ1) is 16.9. The van der Waals surface area contributed by atoms with Crippen LogP contribution in [0.3, 0.4) is 0 Å². The van der Waals surface area contributed by atoms with Crippen LogP contribution in [0.2, 0.25) is 0 Å². The minimum Gasteiger partial charge on any atom is -0.494 e. The Bertz CT molecular complexity index is 365. The van der Waals surface area contributed by atoms with Gasteiger partial charge >= 0.3 is 0 Å². The van der Waals surface area contributed by atoms with Crippen molar-refractivity contribution in [2.45, 2.75) is 44.6 Å². The molecule has 1 rings (SSSR count). The first-order valence-electron chi connectivity index (χ1n) is 7.25. The molecule has 1 atom stereocenters. The Morgan fingerprint density at radius 3 is 2.50 bits per heavy atom. The number of alkyl halides is 1. The lowest BCUT2D eigenvalue weighted by molar-refractivity contribution is 0.200. The van der Waals surface area contributed by atoms with E-state index in [9.17, 15) is 4.39 Å². The zero-order valence-electron chi connectivity index (χ0n) is 12.3. The second-order valence-electron chi connectivity index (χ2n) is 5.55. The topological polar surface area (TPSA) is 55.5 Å². The van der Waals surface area contributed by atoms with Gasteiger partial charge in [-0.2, -0.15) is 0 Å². The molecule has 0 radical (unpaired) electrons. The lowest BCUT2D eigenvalue weighted by Gasteiger charge is -2.21. The van der Waals surface area contributed by atoms with Crippen LogP contribution in [-0.2, 0) is 6.42 Å². The fourth-order valence-electron chi connectivity index (χ4n) is 1.82. The van der Waals surface area contributed by atoms with Gasteiger partial charge in [0.2, 0.25) is 0 Å². The quantitative estimate of drug-likeness (QED) is 0.649. The lowest BCUT2D eigenvalue weighted by Crippen LogP contribution is -2.40. The van der Waals surface area contributed by atoms with Gasteiger partial charge in [-0.15, -0.1) is 0 Å². The number of benzene rings is 1. The Morgan fingerprint density at radius 2 is 1.90 bits per heavy atom. The zero-order valence-corrected chi connectivity index (χ0v) is 12.3. The van der Waals surface area contributed by atoms with Crippen molar-refractivity contribution in [3.63, 3.8) is 0 Å². The molecule has 0 bridgehead atoms. The molecule has 3 N–H and O–H groups in total. The summed E-state index contributed by atoms with van der Waals surface area (Å²) >= 11 is 0. The van der Waals surface area contributed by atoms with Crippen LogP contribution in [-0.4, -0.2) is 30.5 Å². The second-order valence-corrected chi connectivity index (χ2v) is 5.55. The van der Waals surface area contributed by atoms with Gasteiger partial charge in [0.05, 0.1) is 19.9 Å². The third kappa shape index (κ3) is 6.87. The number of unbranched alkanes of at least 4 members (excludes halogenated alkanes) is 2. The summed E-state index contributed by atoms with van der Waals surface area (Å²) in [4.78, 5) is 0. The predicted molar refractivity (Wildman–Crippen MR) is 79.8 cm³/mol. The maximum Gasteiger partial charge on any atom is 0.119 e. The highest BCUT2D eigenvalue weighted by molar-refractivity contribution is 5.27. The third-order valence-corrected chi connectivity index (χ3v) is 3.32. The SMILES string of the molecule is C[C@](N)(CO)CCc1ccc(OCCCCCF)cc1. The number of aliphatic hydroxyl groups is 1. The van der Waals surface area contributed by atoms with Crippen LogP contribution in [0.15, 0.2) is 24.3 Å². The van der Waals surface area contributed by atoms with Crippen molar-refractivity contribution in [1.82, 2.24) is 0 Å². The number of rotatable bonds is 10. The second kappa shape index (κ2) is 8.93. The van der Waals surface area contributed by atoms with Gasteiger partial charge in [-0.25, -0.2) is 0 Å². The molecule has 0 amide bonds. The average Bonchev–Trinajstić information content (AvgIpc) is 2.46. The van der Waals surface area contributed by atoms with Crippen LogP contribution in [0.1, 0.15) is 38.2 Å². The van der Waals surface area contributed by atoms with Gasteiger partial charge in [0.25, 0.3) is 0 Å². The minimum atomic E-state index is -0.522. The molecule has 0 aliphatic rings. The summed E-state index contributed by atoms with van der Waals surface area (Å²) in [5.74, 6) is 0.840. The molecular formula is C16H26FNO2. The van der Waals surface area contributed by atoms with E-state index < -0.39 is 5.54 Å². The van der Waals surface area contributed by atoms with Crippen LogP contribution in [0, 0.1) is 0 Å². The number of aryl methyl sites for hydroxylation is 1. The maximum absolute atomic E-state index is 11.9. The molecule has 0 fully saturated rings. The molecule has 0 heterocycles. The summed E-state index contributed by atoms with van der Waals surface area (Å²) in [5, 5.41) is 9.11. The highest BCUT2D eigenvalue weighted by Gasteiger charge is 2.16. The summed E-state index contributed by atoms with van der Waals surface area (Å²) in [6, 6.07) is 7.92. The van der Waals surface area contributed by atoms with E-state index in [4.69, 9.17) is 15.6 Å². The van der Waals surface area contributed by atoms with Gasteiger partial charge in [-0.05, 0) is 56.7 Å². The summed E-state index contributed by atoms with van der Waals surface area (Å²) in [6.45, 7) is 2.22. The van der Waals surface area contributed by atoms with Gasteiger partial charge in [0.1, 0.15) is 5.75 Å². The van der Waals surface area contributed by atoms with Crippen LogP contribution in [0.5, 0.6) is 5.75 Å². The van der Waals surface area contributed by atoms with E-state index in [0.717, 1.165) is 31.4 Å². The minimum absolute atomic E-state index is 0.00687. The van der Waals surface area contributed by atoms with Crippen molar-refractivity contribution in [3.05, 3.63) is 29.8 Å². The molecule has 0 spiro atoms. The van der Waals surface area contributed by atoms with E-state index in [-0.39, 0.29) is 13.3 Å². The summed E-state index contributed by atoms with van der Waals surface area (Å²) in [5.41, 5.74) is 6.56. The monoisotopic (exact) mass is 283 g/mol. The van der Waals surface area contributed by atoms with Gasteiger partial charge in [-0.1, -0.05) is 12.1 Å². The normalized spacial score (nSPS) is 14.0. The molecule has 0 saturated heterocycles. The molecule has 1 aromatic rings. The van der Waals surface area contributed by atoms with Crippen LogP contribution in [0.4, 0.5) is 4.39 Å². The molecule has 0 saturated carbocycles. The number of aliphatic hydroxyl groups excluding tert-OH is 1. The molecule has 1 aromatic carbocycles. The smallest absolute Gasteiger partial charge is 0.119 e. The molecule has 0 aliphatic heterocycles. The average molecular weight is 283 g/mol. The Morgan fingerprint density at radius 1 is 1.20 bits per heavy atom. The van der Waals surface area contributed by atoms with Crippen LogP contribution >= 0.6 is 0 Å². The first-order chi connectivity index (χ1) is 9.57. The van der Waals surface area contributed by atoms with Crippen molar-refractivity contribution in [3.8, 4) is 5.75 Å². The molecule has 3 nitrogen and oxygen atoms in total. The van der Waals surface area contributed by atoms with E-state index >= 15 is 0 Å². The lowest BCUT2D eigenvalue weighted by atomic mass is 9.95. The number of hydrogen-bond donors (Lipinski definition) is 2. The molecular weight excluding hydrogens is 257 g/mol. The van der Waals surface area contributed by atoms with Crippen molar-refractivity contribution >= 4 is 0 Å². The van der Waals surface area contributed by atoms with Crippen LogP contribution < -0.4 is 10.5 Å². The van der Waals surface area contributed by atoms with Gasteiger partial charge in [-0.3, -0.25) is 4.39 Å². The van der Waals surface area contributed by atoms with Gasteiger partial charge in [0.15, 0.2) is 0 Å². The van der Waals surface area contributed by atoms with Crippen LogP contribution in [0.25, 0.3) is 0 Å². The Labute approximate surface area is 120 Å². The number of ether oxygens (including phenoxy) is 1. The standard InChI is InChI=1S/C16H26FNO2/c1-16(18,13-19)10-9-14-5-7-15(8-6-14)20-12-4-2-3-11-17/h5-8,19H,2-4,9-13,18H2,1H3/t16-/m1/s1. The Kier molecular flexibility index (Phi) is 7.55. The predicted octanol–water partition coefficient (Wildman–Crippen LogP) is 2.85. The van der Waals surface area contributed by atoms with Gasteiger partial charge < -0.3 is 15.6 Å². The molecule has 4 heteroatoms. The van der Waals surface area contributed by atoms with E-state index in [1.165, 1.54) is 5.56 Å². The summed E-state index contributed by atoms with van der Waals surface area (Å²) in [6.07, 6.45) is 3.95. The van der Waals surface area contributed by atoms with E-state index in [2.05, 4.69) is 0 Å². The first-order valence-corrected chi connectivity index (χ1v) is 7.25. The highest BCUT2D eigenvalue weighted by Crippen LogP contribution is 2.16. The molecule has 0 unspecified atom stereocenters. The van der Waals surface area contributed by atoms with Gasteiger partial charge in [0, 0.05) is 5.54 Å². The third-order valence-electron chi connectivity index (χ3n) is 3.32. The number of hydrogen-bond acceptors (Lipinski definition) is 3. The van der Waals surface area contributed by atoms with Crippen molar-refractivity contribution in [1.29, 1.82) is 0 Å². The maximum atomic E-state index is 11.9. The largest absolute Gasteiger partial charge is 0.494 e. The Hall–Kier alpha value is -1.13. The molecule has 20 heavy (non-hydrogen) atoms. The van der Waals surface area contributed by atoms with Crippen molar-refractivity contribution < 1.29 is 14.2 Å². The van der Waals surface area contributed by atoms with E-state index in [1.807, 2.05) is 31.2 Å².